The third-order valence-electron chi connectivity index (χ3n) is 3.57. The Morgan fingerprint density at radius 1 is 1.33 bits per heavy atom. The minimum absolute atomic E-state index is 0.124. The van der Waals surface area contributed by atoms with Gasteiger partial charge in [-0.25, -0.2) is 9.18 Å². The first-order chi connectivity index (χ1) is 11.5. The standard InChI is InChI=1S/C17H20FN3O2S/c1-11-14(12(2)21-17(23)20-11)9-16(22)19-7-8-24-10-13-5-3-4-6-15(13)18/h3-6H,7-10H2,1-2H3,(H,19,22)(H,20,21,23). The molecule has 0 bridgehead atoms. The van der Waals surface area contributed by atoms with E-state index >= 15 is 0 Å². The number of amides is 1. The lowest BCUT2D eigenvalue weighted by atomic mass is 10.1. The predicted octanol–water partition coefficient (Wildman–Crippen LogP) is 2.12. The van der Waals surface area contributed by atoms with Crippen LogP contribution in [0.1, 0.15) is 22.5 Å². The van der Waals surface area contributed by atoms with Gasteiger partial charge in [0.1, 0.15) is 5.82 Å². The summed E-state index contributed by atoms with van der Waals surface area (Å²) >= 11 is 1.56. The third kappa shape index (κ3) is 5.19. The van der Waals surface area contributed by atoms with E-state index in [-0.39, 0.29) is 18.1 Å². The van der Waals surface area contributed by atoms with Gasteiger partial charge in [-0.05, 0) is 25.5 Å². The fourth-order valence-corrected chi connectivity index (χ4v) is 3.14. The van der Waals surface area contributed by atoms with E-state index < -0.39 is 5.69 Å². The summed E-state index contributed by atoms with van der Waals surface area (Å²) in [5.41, 5.74) is 2.24. The van der Waals surface area contributed by atoms with E-state index in [0.717, 1.165) is 5.56 Å². The first-order valence-corrected chi connectivity index (χ1v) is 8.77. The average Bonchev–Trinajstić information content (AvgIpc) is 2.52. The highest BCUT2D eigenvalue weighted by atomic mass is 32.2. The molecule has 2 N–H and O–H groups in total. The number of nitrogens with zero attached hydrogens (tertiary/aromatic N) is 1. The molecule has 0 spiro atoms. The number of aromatic amines is 1. The average molecular weight is 349 g/mol. The molecule has 0 atom stereocenters. The summed E-state index contributed by atoms with van der Waals surface area (Å²) in [7, 11) is 0. The van der Waals surface area contributed by atoms with Crippen LogP contribution < -0.4 is 11.0 Å². The maximum atomic E-state index is 13.5. The van der Waals surface area contributed by atoms with Crippen LogP contribution in [0, 0.1) is 19.7 Å². The van der Waals surface area contributed by atoms with Gasteiger partial charge >= 0.3 is 5.69 Å². The van der Waals surface area contributed by atoms with Gasteiger partial charge in [0.2, 0.25) is 5.91 Å². The summed E-state index contributed by atoms with van der Waals surface area (Å²) < 4.78 is 13.5. The first kappa shape index (κ1) is 18.2. The number of rotatable bonds is 7. The van der Waals surface area contributed by atoms with Crippen LogP contribution >= 0.6 is 11.8 Å². The highest BCUT2D eigenvalue weighted by Crippen LogP contribution is 2.14. The number of carbonyl (C=O) groups excluding carboxylic acids is 1. The van der Waals surface area contributed by atoms with Crippen LogP contribution in [0.4, 0.5) is 4.39 Å². The zero-order valence-corrected chi connectivity index (χ0v) is 14.5. The fraction of sp³-hybridized carbons (Fsp3) is 0.353. The summed E-state index contributed by atoms with van der Waals surface area (Å²) in [6.45, 7) is 3.98. The Hall–Kier alpha value is -2.15. The normalized spacial score (nSPS) is 10.6. The van der Waals surface area contributed by atoms with Crippen molar-refractivity contribution in [2.24, 2.45) is 0 Å². The smallest absolute Gasteiger partial charge is 0.345 e. The number of thioether (sulfide) groups is 1. The van der Waals surface area contributed by atoms with Gasteiger partial charge in [-0.1, -0.05) is 18.2 Å². The summed E-state index contributed by atoms with van der Waals surface area (Å²) in [4.78, 5) is 29.6. The summed E-state index contributed by atoms with van der Waals surface area (Å²) in [5, 5.41) is 2.83. The molecule has 0 radical (unpaired) electrons. The molecule has 2 aromatic rings. The van der Waals surface area contributed by atoms with Crippen LogP contribution in [0.2, 0.25) is 0 Å². The highest BCUT2D eigenvalue weighted by Gasteiger charge is 2.10. The van der Waals surface area contributed by atoms with Gasteiger partial charge in [-0.3, -0.25) is 4.79 Å². The number of hydrogen-bond donors (Lipinski definition) is 2. The third-order valence-corrected chi connectivity index (χ3v) is 4.58. The number of aryl methyl sites for hydroxylation is 2. The second-order valence-electron chi connectivity index (χ2n) is 5.40. The molecule has 7 heteroatoms. The maximum Gasteiger partial charge on any atom is 0.345 e. The molecule has 1 amide bonds. The van der Waals surface area contributed by atoms with Crippen molar-refractivity contribution in [3.63, 3.8) is 0 Å². The number of halogens is 1. The largest absolute Gasteiger partial charge is 0.355 e. The van der Waals surface area contributed by atoms with Crippen LogP contribution in [-0.2, 0) is 17.0 Å². The van der Waals surface area contributed by atoms with Gasteiger partial charge in [0.25, 0.3) is 0 Å². The molecule has 0 saturated heterocycles. The Morgan fingerprint density at radius 2 is 2.08 bits per heavy atom. The molecule has 1 aromatic heterocycles. The fourth-order valence-electron chi connectivity index (χ4n) is 2.30. The molecular formula is C17H20FN3O2S. The van der Waals surface area contributed by atoms with Crippen LogP contribution in [0.3, 0.4) is 0 Å². The van der Waals surface area contributed by atoms with Gasteiger partial charge in [-0.15, -0.1) is 0 Å². The summed E-state index contributed by atoms with van der Waals surface area (Å²) in [5.74, 6) is 0.944. The van der Waals surface area contributed by atoms with Crippen LogP contribution in [0.5, 0.6) is 0 Å². The molecule has 1 aromatic carbocycles. The second-order valence-corrected chi connectivity index (χ2v) is 6.51. The summed E-state index contributed by atoms with van der Waals surface area (Å²) in [6, 6.07) is 6.68. The van der Waals surface area contributed by atoms with Gasteiger partial charge < -0.3 is 10.3 Å². The highest BCUT2D eigenvalue weighted by molar-refractivity contribution is 7.98. The van der Waals surface area contributed by atoms with Crippen molar-refractivity contribution in [3.8, 4) is 0 Å². The lowest BCUT2D eigenvalue weighted by molar-refractivity contribution is -0.120. The topological polar surface area (TPSA) is 74.8 Å². The van der Waals surface area contributed by atoms with Crippen LogP contribution in [0.15, 0.2) is 29.1 Å². The first-order valence-electron chi connectivity index (χ1n) is 7.61. The minimum Gasteiger partial charge on any atom is -0.355 e. The molecule has 0 aliphatic heterocycles. The van der Waals surface area contributed by atoms with Crippen molar-refractivity contribution in [2.75, 3.05) is 12.3 Å². The molecule has 0 aliphatic carbocycles. The van der Waals surface area contributed by atoms with Crippen molar-refractivity contribution in [2.45, 2.75) is 26.0 Å². The molecule has 0 fully saturated rings. The molecule has 0 saturated carbocycles. The van der Waals surface area contributed by atoms with Crippen molar-refractivity contribution >= 4 is 17.7 Å². The van der Waals surface area contributed by atoms with Crippen LogP contribution in [-0.4, -0.2) is 28.2 Å². The van der Waals surface area contributed by atoms with Crippen molar-refractivity contribution < 1.29 is 9.18 Å². The zero-order valence-electron chi connectivity index (χ0n) is 13.7. The second kappa shape index (κ2) is 8.63. The number of nitrogens with one attached hydrogen (secondary N) is 2. The molecular weight excluding hydrogens is 329 g/mol. The molecule has 24 heavy (non-hydrogen) atoms. The molecule has 0 aliphatic rings. The molecule has 5 nitrogen and oxygen atoms in total. The quantitative estimate of drug-likeness (QED) is 0.751. The van der Waals surface area contributed by atoms with Gasteiger partial charge in [-0.2, -0.15) is 16.7 Å². The van der Waals surface area contributed by atoms with Crippen LogP contribution in [0.25, 0.3) is 0 Å². The van der Waals surface area contributed by atoms with E-state index in [9.17, 15) is 14.0 Å². The molecule has 0 unspecified atom stereocenters. The number of benzene rings is 1. The lowest BCUT2D eigenvalue weighted by Gasteiger charge is -2.09. The summed E-state index contributed by atoms with van der Waals surface area (Å²) in [6.07, 6.45) is 0.180. The maximum absolute atomic E-state index is 13.5. The Morgan fingerprint density at radius 3 is 2.79 bits per heavy atom. The Balaban J connectivity index is 1.74. The van der Waals surface area contributed by atoms with E-state index in [2.05, 4.69) is 15.3 Å². The predicted molar refractivity (Wildman–Crippen MR) is 93.6 cm³/mol. The van der Waals surface area contributed by atoms with Crippen molar-refractivity contribution in [1.29, 1.82) is 0 Å². The number of carbonyl (C=O) groups is 1. The number of hydrogen-bond acceptors (Lipinski definition) is 4. The molecule has 2 rings (SSSR count). The molecule has 1 heterocycles. The minimum atomic E-state index is -0.404. The van der Waals surface area contributed by atoms with E-state index in [0.29, 0.717) is 35.0 Å². The van der Waals surface area contributed by atoms with E-state index in [4.69, 9.17) is 0 Å². The number of aromatic nitrogens is 2. The monoisotopic (exact) mass is 349 g/mol. The SMILES string of the molecule is Cc1nc(=O)[nH]c(C)c1CC(=O)NCCSCc1ccccc1F. The van der Waals surface area contributed by atoms with E-state index in [1.807, 2.05) is 6.07 Å². The van der Waals surface area contributed by atoms with Crippen molar-refractivity contribution in [1.82, 2.24) is 15.3 Å². The van der Waals surface area contributed by atoms with Gasteiger partial charge in [0.05, 0.1) is 6.42 Å². The van der Waals surface area contributed by atoms with E-state index in [1.165, 1.54) is 6.07 Å². The van der Waals surface area contributed by atoms with Gasteiger partial charge in [0.15, 0.2) is 0 Å². The number of H-pyrrole nitrogens is 1. The lowest BCUT2D eigenvalue weighted by Crippen LogP contribution is -2.29. The Bertz CT molecular complexity index is 750. The zero-order chi connectivity index (χ0) is 17.5. The van der Waals surface area contributed by atoms with E-state index in [1.54, 1.807) is 37.7 Å². The Labute approximate surface area is 144 Å². The van der Waals surface area contributed by atoms with Crippen molar-refractivity contribution in [3.05, 3.63) is 63.1 Å². The van der Waals surface area contributed by atoms with Gasteiger partial charge in [0, 0.05) is 35.0 Å². The molecule has 128 valence electrons. The Kier molecular flexibility index (Phi) is 6.54.